The van der Waals surface area contributed by atoms with E-state index in [1.807, 2.05) is 6.07 Å². The van der Waals surface area contributed by atoms with E-state index >= 15 is 0 Å². The molecule has 0 aliphatic heterocycles. The van der Waals surface area contributed by atoms with Crippen LogP contribution in [-0.4, -0.2) is 25.4 Å². The van der Waals surface area contributed by atoms with Gasteiger partial charge in [-0.15, -0.1) is 0 Å². The van der Waals surface area contributed by atoms with Crippen molar-refractivity contribution in [3.63, 3.8) is 0 Å². The second-order valence-electron chi connectivity index (χ2n) is 6.58. The average Bonchev–Trinajstić information content (AvgIpc) is 3.01. The second kappa shape index (κ2) is 6.60. The Bertz CT molecular complexity index is 1180. The first-order valence-electron chi connectivity index (χ1n) is 8.31. The molecule has 1 aromatic heterocycles. The van der Waals surface area contributed by atoms with Gasteiger partial charge in [-0.3, -0.25) is 9.78 Å². The van der Waals surface area contributed by atoms with E-state index in [9.17, 15) is 13.2 Å². The van der Waals surface area contributed by atoms with Gasteiger partial charge in [0.25, 0.3) is 5.91 Å². The first-order valence-corrected chi connectivity index (χ1v) is 10.2. The second-order valence-corrected chi connectivity index (χ2v) is 8.58. The topological polar surface area (TPSA) is 102 Å². The number of carbonyl (C=O) groups excluding carboxylic acids is 1. The molecule has 0 fully saturated rings. The van der Waals surface area contributed by atoms with Crippen molar-refractivity contribution < 1.29 is 13.2 Å². The van der Waals surface area contributed by atoms with Crippen molar-refractivity contribution in [1.29, 1.82) is 0 Å². The maximum atomic E-state index is 12.8. The summed E-state index contributed by atoms with van der Waals surface area (Å²) in [7, 11) is -3.75. The van der Waals surface area contributed by atoms with E-state index in [-0.39, 0.29) is 16.8 Å². The fourth-order valence-corrected chi connectivity index (χ4v) is 4.26. The molecule has 1 atom stereocenters. The summed E-state index contributed by atoms with van der Waals surface area (Å²) in [5.74, 6) is -0.259. The highest BCUT2D eigenvalue weighted by atomic mass is 35.5. The van der Waals surface area contributed by atoms with Crippen LogP contribution in [0.4, 0.5) is 0 Å². The highest BCUT2D eigenvalue weighted by molar-refractivity contribution is 7.89. The lowest BCUT2D eigenvalue weighted by Crippen LogP contribution is -2.35. The van der Waals surface area contributed by atoms with Crippen LogP contribution in [0, 0.1) is 0 Å². The molecule has 6 nitrogen and oxygen atoms in total. The SMILES string of the molecule is NS(=O)(=O)c1ccc2c(c1)CC(NC(=O)c1cc(Cl)cc3cccnc13)C2. The predicted molar refractivity (Wildman–Crippen MR) is 103 cm³/mol. The van der Waals surface area contributed by atoms with Crippen molar-refractivity contribution in [2.24, 2.45) is 5.14 Å². The average molecular weight is 402 g/mol. The van der Waals surface area contributed by atoms with Crippen LogP contribution in [0.15, 0.2) is 53.6 Å². The number of amides is 1. The van der Waals surface area contributed by atoms with Gasteiger partial charge in [-0.25, -0.2) is 13.6 Å². The maximum Gasteiger partial charge on any atom is 0.253 e. The molecule has 27 heavy (non-hydrogen) atoms. The van der Waals surface area contributed by atoms with Gasteiger partial charge in [0.2, 0.25) is 10.0 Å². The molecule has 1 amide bonds. The zero-order valence-corrected chi connectivity index (χ0v) is 15.7. The highest BCUT2D eigenvalue weighted by Gasteiger charge is 2.25. The van der Waals surface area contributed by atoms with Gasteiger partial charge >= 0.3 is 0 Å². The van der Waals surface area contributed by atoms with Gasteiger partial charge in [-0.05, 0) is 54.3 Å². The Labute approximate surface area is 161 Å². The number of pyridine rings is 1. The Morgan fingerprint density at radius 3 is 2.70 bits per heavy atom. The number of nitrogens with one attached hydrogen (secondary N) is 1. The quantitative estimate of drug-likeness (QED) is 0.703. The first kappa shape index (κ1) is 17.9. The Balaban J connectivity index is 1.58. The van der Waals surface area contributed by atoms with Crippen molar-refractivity contribution in [3.05, 3.63) is 70.4 Å². The van der Waals surface area contributed by atoms with Gasteiger partial charge in [0, 0.05) is 22.6 Å². The Morgan fingerprint density at radius 1 is 1.15 bits per heavy atom. The smallest absolute Gasteiger partial charge is 0.253 e. The lowest BCUT2D eigenvalue weighted by molar-refractivity contribution is 0.0940. The monoisotopic (exact) mass is 401 g/mol. The molecule has 2 aromatic carbocycles. The maximum absolute atomic E-state index is 12.8. The summed E-state index contributed by atoms with van der Waals surface area (Å²) in [4.78, 5) is 17.2. The van der Waals surface area contributed by atoms with E-state index in [0.717, 1.165) is 16.5 Å². The molecule has 1 heterocycles. The lowest BCUT2D eigenvalue weighted by Gasteiger charge is -2.13. The molecule has 138 valence electrons. The fourth-order valence-electron chi connectivity index (χ4n) is 3.47. The lowest BCUT2D eigenvalue weighted by atomic mass is 10.1. The number of rotatable bonds is 3. The summed E-state index contributed by atoms with van der Waals surface area (Å²) < 4.78 is 23.0. The molecule has 0 radical (unpaired) electrons. The molecular weight excluding hydrogens is 386 g/mol. The van der Waals surface area contributed by atoms with E-state index in [1.165, 1.54) is 6.07 Å². The van der Waals surface area contributed by atoms with E-state index in [2.05, 4.69) is 10.3 Å². The van der Waals surface area contributed by atoms with Gasteiger partial charge in [0.1, 0.15) is 0 Å². The largest absolute Gasteiger partial charge is 0.349 e. The molecule has 3 aromatic rings. The molecule has 3 N–H and O–H groups in total. The van der Waals surface area contributed by atoms with Crippen molar-refractivity contribution in [1.82, 2.24) is 10.3 Å². The molecule has 0 saturated carbocycles. The predicted octanol–water partition coefficient (Wildman–Crippen LogP) is 2.43. The van der Waals surface area contributed by atoms with Crippen molar-refractivity contribution in [2.45, 2.75) is 23.8 Å². The minimum absolute atomic E-state index is 0.0817. The Hall–Kier alpha value is -2.48. The summed E-state index contributed by atoms with van der Waals surface area (Å²) >= 11 is 6.14. The Kier molecular flexibility index (Phi) is 4.38. The molecule has 0 saturated heterocycles. The zero-order chi connectivity index (χ0) is 19.2. The standard InChI is InChI=1S/C19H16ClN3O3S/c20-14-6-12-2-1-5-22-18(12)17(10-14)19(24)23-15-7-11-3-4-16(27(21,25)26)9-13(11)8-15/h1-6,9-10,15H,7-8H2,(H,23,24)(H2,21,25,26). The summed E-state index contributed by atoms with van der Waals surface area (Å²) in [5.41, 5.74) is 2.88. The molecule has 1 unspecified atom stereocenters. The number of carbonyl (C=O) groups is 1. The van der Waals surface area contributed by atoms with Crippen LogP contribution in [0.5, 0.6) is 0 Å². The molecular formula is C19H16ClN3O3S. The molecule has 4 rings (SSSR count). The van der Waals surface area contributed by atoms with E-state index in [0.29, 0.717) is 28.9 Å². The number of primary sulfonamides is 1. The number of fused-ring (bicyclic) bond motifs is 2. The van der Waals surface area contributed by atoms with Crippen LogP contribution >= 0.6 is 11.6 Å². The normalized spacial score (nSPS) is 16.3. The first-order chi connectivity index (χ1) is 12.8. The van der Waals surface area contributed by atoms with Gasteiger partial charge in [-0.2, -0.15) is 0 Å². The summed E-state index contributed by atoms with van der Waals surface area (Å²) in [5, 5.41) is 9.45. The van der Waals surface area contributed by atoms with E-state index in [4.69, 9.17) is 16.7 Å². The van der Waals surface area contributed by atoms with Gasteiger partial charge < -0.3 is 5.32 Å². The molecule has 0 bridgehead atoms. The third kappa shape index (κ3) is 3.53. The number of nitrogens with zero attached hydrogens (tertiary/aromatic N) is 1. The summed E-state index contributed by atoms with van der Waals surface area (Å²) in [6.45, 7) is 0. The number of sulfonamides is 1. The van der Waals surface area contributed by atoms with Crippen LogP contribution in [0.3, 0.4) is 0 Å². The van der Waals surface area contributed by atoms with Crippen LogP contribution in [0.2, 0.25) is 5.02 Å². The number of hydrogen-bond acceptors (Lipinski definition) is 4. The van der Waals surface area contributed by atoms with Crippen molar-refractivity contribution in [3.8, 4) is 0 Å². The summed E-state index contributed by atoms with van der Waals surface area (Å²) in [6.07, 6.45) is 2.79. The van der Waals surface area contributed by atoms with Crippen LogP contribution in [0.25, 0.3) is 10.9 Å². The van der Waals surface area contributed by atoms with Gasteiger partial charge in [-0.1, -0.05) is 23.7 Å². The molecule has 8 heteroatoms. The fraction of sp³-hybridized carbons (Fsp3) is 0.158. The van der Waals surface area contributed by atoms with Crippen molar-refractivity contribution >= 4 is 38.4 Å². The third-order valence-electron chi connectivity index (χ3n) is 4.69. The number of aromatic nitrogens is 1. The number of benzene rings is 2. The minimum atomic E-state index is -3.75. The van der Waals surface area contributed by atoms with Crippen molar-refractivity contribution in [2.75, 3.05) is 0 Å². The van der Waals surface area contributed by atoms with Gasteiger partial charge in [0.05, 0.1) is 16.0 Å². The van der Waals surface area contributed by atoms with E-state index in [1.54, 1.807) is 36.5 Å². The van der Waals surface area contributed by atoms with Crippen LogP contribution < -0.4 is 10.5 Å². The van der Waals surface area contributed by atoms with Gasteiger partial charge in [0.15, 0.2) is 0 Å². The highest BCUT2D eigenvalue weighted by Crippen LogP contribution is 2.26. The van der Waals surface area contributed by atoms with Crippen LogP contribution in [-0.2, 0) is 22.9 Å². The van der Waals surface area contributed by atoms with E-state index < -0.39 is 10.0 Å². The Morgan fingerprint density at radius 2 is 1.93 bits per heavy atom. The summed E-state index contributed by atoms with van der Waals surface area (Å²) in [6, 6.07) is 11.7. The third-order valence-corrected chi connectivity index (χ3v) is 5.82. The number of nitrogens with two attached hydrogens (primary N) is 1. The number of halogens is 1. The number of hydrogen-bond donors (Lipinski definition) is 2. The van der Waals surface area contributed by atoms with Crippen LogP contribution in [0.1, 0.15) is 21.5 Å². The molecule has 1 aliphatic carbocycles. The minimum Gasteiger partial charge on any atom is -0.349 e. The molecule has 0 spiro atoms. The molecule has 1 aliphatic rings. The zero-order valence-electron chi connectivity index (χ0n) is 14.1.